The Labute approximate surface area is 262 Å². The number of aromatic nitrogens is 2. The number of carbonyl (C=O) groups excluding carboxylic acids is 1. The highest BCUT2D eigenvalue weighted by Crippen LogP contribution is 2.43. The molecule has 2 N–H and O–H groups in total. The SMILES string of the molecule is COc1cc(-c2nc(NC(=O)c3cc4cc(Cl)cc(Cl)c4n3CC(=O)O)sc2CCC2CCCCC2)c(OC)cc1Cl. The second-order valence-electron chi connectivity index (χ2n) is 10.3. The van der Waals surface area contributed by atoms with Crippen LogP contribution in [0, 0.1) is 5.92 Å². The lowest BCUT2D eigenvalue weighted by atomic mass is 9.86. The van der Waals surface area contributed by atoms with Crippen LogP contribution in [0.25, 0.3) is 22.2 Å². The van der Waals surface area contributed by atoms with Gasteiger partial charge in [0.2, 0.25) is 0 Å². The molecule has 8 nitrogen and oxygen atoms in total. The molecule has 0 aliphatic heterocycles. The van der Waals surface area contributed by atoms with Gasteiger partial charge in [-0.2, -0.15) is 0 Å². The Morgan fingerprint density at radius 1 is 1.02 bits per heavy atom. The molecule has 2 aromatic heterocycles. The van der Waals surface area contributed by atoms with E-state index in [1.165, 1.54) is 54.1 Å². The molecule has 1 amide bonds. The Balaban J connectivity index is 1.53. The molecule has 1 aliphatic rings. The molecule has 42 heavy (non-hydrogen) atoms. The van der Waals surface area contributed by atoms with E-state index >= 15 is 0 Å². The van der Waals surface area contributed by atoms with E-state index in [0.717, 1.165) is 17.7 Å². The summed E-state index contributed by atoms with van der Waals surface area (Å²) in [5.41, 5.74) is 1.93. The van der Waals surface area contributed by atoms with Crippen LogP contribution in [-0.2, 0) is 17.8 Å². The van der Waals surface area contributed by atoms with Crippen molar-refractivity contribution in [3.05, 3.63) is 56.0 Å². The molecule has 0 atom stereocenters. The zero-order valence-electron chi connectivity index (χ0n) is 23.1. The number of carboxylic acid groups (broad SMARTS) is 1. The quantitative estimate of drug-likeness (QED) is 0.178. The Kier molecular flexibility index (Phi) is 9.52. The van der Waals surface area contributed by atoms with Gasteiger partial charge in [-0.1, -0.05) is 66.9 Å². The maximum absolute atomic E-state index is 13.6. The Hall–Kier alpha value is -2.98. The summed E-state index contributed by atoms with van der Waals surface area (Å²) in [7, 11) is 3.11. The zero-order chi connectivity index (χ0) is 30.0. The van der Waals surface area contributed by atoms with Crippen molar-refractivity contribution in [3.8, 4) is 22.8 Å². The van der Waals surface area contributed by atoms with E-state index in [1.807, 2.05) is 0 Å². The van der Waals surface area contributed by atoms with E-state index in [1.54, 1.807) is 38.5 Å². The number of methoxy groups -OCH3 is 2. The van der Waals surface area contributed by atoms with Crippen LogP contribution in [0.5, 0.6) is 11.5 Å². The number of rotatable bonds is 10. The van der Waals surface area contributed by atoms with Gasteiger partial charge in [0.1, 0.15) is 23.7 Å². The molecular weight excluding hydrogens is 621 g/mol. The summed E-state index contributed by atoms with van der Waals surface area (Å²) >= 11 is 20.4. The molecule has 12 heteroatoms. The summed E-state index contributed by atoms with van der Waals surface area (Å²) in [4.78, 5) is 31.2. The Morgan fingerprint density at radius 2 is 1.76 bits per heavy atom. The van der Waals surface area contributed by atoms with Crippen molar-refractivity contribution in [2.75, 3.05) is 19.5 Å². The molecule has 0 saturated heterocycles. The number of ether oxygens (including phenoxy) is 2. The fourth-order valence-corrected chi connectivity index (χ4v) is 7.44. The van der Waals surface area contributed by atoms with Crippen LogP contribution in [-0.4, -0.2) is 40.8 Å². The van der Waals surface area contributed by atoms with E-state index < -0.39 is 18.4 Å². The average molecular weight is 651 g/mol. The van der Waals surface area contributed by atoms with E-state index in [-0.39, 0.29) is 10.7 Å². The lowest BCUT2D eigenvalue weighted by Gasteiger charge is -2.21. The van der Waals surface area contributed by atoms with Gasteiger partial charge in [0.25, 0.3) is 5.91 Å². The predicted molar refractivity (Wildman–Crippen MR) is 168 cm³/mol. The van der Waals surface area contributed by atoms with Crippen LogP contribution >= 0.6 is 46.1 Å². The Bertz CT molecular complexity index is 1650. The normalized spacial score (nSPS) is 13.8. The number of thiazole rings is 1. The number of aliphatic carboxylic acids is 1. The molecule has 2 aromatic carbocycles. The van der Waals surface area contributed by atoms with Crippen molar-refractivity contribution >= 4 is 74.1 Å². The van der Waals surface area contributed by atoms with Gasteiger partial charge in [0, 0.05) is 26.9 Å². The number of halogens is 3. The number of fused-ring (bicyclic) bond motifs is 1. The third-order valence-electron chi connectivity index (χ3n) is 7.59. The van der Waals surface area contributed by atoms with Crippen molar-refractivity contribution in [1.82, 2.24) is 9.55 Å². The van der Waals surface area contributed by atoms with Crippen LogP contribution in [0.3, 0.4) is 0 Å². The van der Waals surface area contributed by atoms with Gasteiger partial charge < -0.3 is 19.1 Å². The lowest BCUT2D eigenvalue weighted by molar-refractivity contribution is -0.137. The van der Waals surface area contributed by atoms with E-state index in [0.29, 0.717) is 54.8 Å². The highest BCUT2D eigenvalue weighted by molar-refractivity contribution is 7.16. The first-order valence-electron chi connectivity index (χ1n) is 13.6. The minimum absolute atomic E-state index is 0.128. The van der Waals surface area contributed by atoms with Gasteiger partial charge in [-0.05, 0) is 43.0 Å². The van der Waals surface area contributed by atoms with Crippen LogP contribution in [0.1, 0.15) is 53.9 Å². The number of nitrogens with zero attached hydrogens (tertiary/aromatic N) is 2. The third kappa shape index (κ3) is 6.49. The maximum Gasteiger partial charge on any atom is 0.323 e. The topological polar surface area (TPSA) is 103 Å². The molecule has 2 heterocycles. The summed E-state index contributed by atoms with van der Waals surface area (Å²) in [6, 6.07) is 8.23. The number of aryl methyl sites for hydroxylation is 1. The number of amides is 1. The van der Waals surface area contributed by atoms with Gasteiger partial charge in [-0.25, -0.2) is 4.98 Å². The first kappa shape index (κ1) is 30.5. The van der Waals surface area contributed by atoms with Crippen molar-refractivity contribution in [3.63, 3.8) is 0 Å². The van der Waals surface area contributed by atoms with Crippen molar-refractivity contribution in [2.24, 2.45) is 5.92 Å². The molecule has 0 bridgehead atoms. The highest BCUT2D eigenvalue weighted by atomic mass is 35.5. The number of hydrogen-bond donors (Lipinski definition) is 2. The zero-order valence-corrected chi connectivity index (χ0v) is 26.2. The molecule has 1 saturated carbocycles. The summed E-state index contributed by atoms with van der Waals surface area (Å²) < 4.78 is 12.5. The first-order valence-corrected chi connectivity index (χ1v) is 15.6. The molecular formula is C30H30Cl3N3O5S. The van der Waals surface area contributed by atoms with Gasteiger partial charge >= 0.3 is 5.97 Å². The first-order chi connectivity index (χ1) is 20.2. The van der Waals surface area contributed by atoms with E-state index in [9.17, 15) is 14.7 Å². The monoisotopic (exact) mass is 649 g/mol. The number of carboxylic acids is 1. The average Bonchev–Trinajstić information content (AvgIpc) is 3.52. The fourth-order valence-electron chi connectivity index (χ4n) is 5.62. The van der Waals surface area contributed by atoms with Crippen molar-refractivity contribution in [1.29, 1.82) is 0 Å². The minimum Gasteiger partial charge on any atom is -0.496 e. The van der Waals surface area contributed by atoms with E-state index in [4.69, 9.17) is 49.3 Å². The lowest BCUT2D eigenvalue weighted by Crippen LogP contribution is -2.19. The van der Waals surface area contributed by atoms with Gasteiger partial charge in [0.15, 0.2) is 5.13 Å². The Morgan fingerprint density at radius 3 is 2.45 bits per heavy atom. The largest absolute Gasteiger partial charge is 0.496 e. The number of benzene rings is 2. The van der Waals surface area contributed by atoms with E-state index in [2.05, 4.69) is 5.32 Å². The molecule has 0 unspecified atom stereocenters. The molecule has 222 valence electrons. The molecule has 1 aliphatic carbocycles. The minimum atomic E-state index is -1.11. The number of hydrogen-bond acceptors (Lipinski definition) is 6. The number of anilines is 1. The van der Waals surface area contributed by atoms with Crippen LogP contribution < -0.4 is 14.8 Å². The summed E-state index contributed by atoms with van der Waals surface area (Å²) in [5.74, 6) is 0.0444. The van der Waals surface area contributed by atoms with Crippen LogP contribution in [0.4, 0.5) is 5.13 Å². The van der Waals surface area contributed by atoms with Crippen molar-refractivity contribution < 1.29 is 24.2 Å². The number of nitrogens with one attached hydrogen (secondary N) is 1. The van der Waals surface area contributed by atoms with Gasteiger partial charge in [-0.15, -0.1) is 11.3 Å². The maximum atomic E-state index is 13.6. The second kappa shape index (κ2) is 13.1. The number of carbonyl (C=O) groups is 2. The van der Waals surface area contributed by atoms with Crippen LogP contribution in [0.15, 0.2) is 30.3 Å². The van der Waals surface area contributed by atoms with Gasteiger partial charge in [-0.3, -0.25) is 14.9 Å². The second-order valence-corrected chi connectivity index (χ2v) is 12.6. The molecule has 0 spiro atoms. The highest BCUT2D eigenvalue weighted by Gasteiger charge is 2.24. The smallest absolute Gasteiger partial charge is 0.323 e. The van der Waals surface area contributed by atoms with Crippen molar-refractivity contribution in [2.45, 2.75) is 51.5 Å². The molecule has 4 aromatic rings. The molecule has 0 radical (unpaired) electrons. The van der Waals surface area contributed by atoms with Gasteiger partial charge in [0.05, 0.1) is 35.5 Å². The third-order valence-corrected chi connectivity index (χ3v) is 9.42. The summed E-state index contributed by atoms with van der Waals surface area (Å²) in [5, 5.41) is 14.4. The van der Waals surface area contributed by atoms with Crippen LogP contribution in [0.2, 0.25) is 15.1 Å². The summed E-state index contributed by atoms with van der Waals surface area (Å²) in [6.45, 7) is -0.453. The molecule has 5 rings (SSSR count). The summed E-state index contributed by atoms with van der Waals surface area (Å²) in [6.07, 6.45) is 8.03. The standard InChI is InChI=1S/C30H30Cl3N3O5S/c1-40-23-14-20(32)24(41-2)13-19(23)27-25(9-8-16-6-4-3-5-7-16)42-30(34-27)35-29(39)22-11-17-10-18(31)12-21(33)28(17)36(22)15-26(37)38/h10-14,16H,3-9,15H2,1-2H3,(H,37,38)(H,34,35,39). The molecule has 1 fully saturated rings. The fraction of sp³-hybridized carbons (Fsp3) is 0.367. The predicted octanol–water partition coefficient (Wildman–Crippen LogP) is 8.59.